The van der Waals surface area contributed by atoms with E-state index in [4.69, 9.17) is 19.4 Å². The number of aliphatic carboxylic acids is 1. The number of amides is 1. The molecule has 1 aromatic heterocycles. The number of unbranched alkanes of at least 4 members (excludes halogenated alkanes) is 1. The average Bonchev–Trinajstić information content (AvgIpc) is 3.43. The summed E-state index contributed by atoms with van der Waals surface area (Å²) >= 11 is 0. The largest absolute Gasteiger partial charge is 0.480 e. The number of ether oxygens (including phenoxy) is 2. The summed E-state index contributed by atoms with van der Waals surface area (Å²) < 4.78 is 11.6. The van der Waals surface area contributed by atoms with E-state index < -0.39 is 23.5 Å². The van der Waals surface area contributed by atoms with Gasteiger partial charge in [-0.15, -0.1) is 0 Å². The molecule has 1 amide bonds. The van der Waals surface area contributed by atoms with Gasteiger partial charge in [0, 0.05) is 25.4 Å². The predicted octanol–water partition coefficient (Wildman–Crippen LogP) is 4.20. The predicted molar refractivity (Wildman–Crippen MR) is 144 cm³/mol. The fourth-order valence-electron chi connectivity index (χ4n) is 4.66. The van der Waals surface area contributed by atoms with E-state index in [1.54, 1.807) is 20.8 Å². The zero-order valence-electron chi connectivity index (χ0n) is 22.8. The number of carboxylic acids is 1. The van der Waals surface area contributed by atoms with Crippen molar-refractivity contribution in [2.75, 3.05) is 6.54 Å². The molecule has 2 aliphatic rings. The topological polar surface area (TPSA) is 123 Å². The van der Waals surface area contributed by atoms with Crippen molar-refractivity contribution in [3.05, 3.63) is 29.5 Å². The van der Waals surface area contributed by atoms with E-state index in [1.165, 1.54) is 0 Å². The summed E-state index contributed by atoms with van der Waals surface area (Å²) in [5, 5.41) is 15.2. The van der Waals surface area contributed by atoms with E-state index in [2.05, 4.69) is 29.4 Å². The Morgan fingerprint density at radius 1 is 1.24 bits per heavy atom. The number of fused-ring (bicyclic) bond motifs is 1. The molecule has 1 aliphatic carbocycles. The number of nitrogens with zero attached hydrogens (tertiary/aromatic N) is 2. The van der Waals surface area contributed by atoms with Gasteiger partial charge in [0.15, 0.2) is 5.69 Å². The molecule has 1 saturated carbocycles. The molecule has 2 heterocycles. The zero-order valence-corrected chi connectivity index (χ0v) is 22.8. The number of aromatic nitrogens is 2. The van der Waals surface area contributed by atoms with E-state index in [9.17, 15) is 14.7 Å². The second-order valence-electron chi connectivity index (χ2n) is 11.6. The Bertz CT molecular complexity index is 1250. The molecule has 0 radical (unpaired) electrons. The number of hydrogen-bond acceptors (Lipinski definition) is 7. The number of carboxylic acid groups (broad SMARTS) is 1. The summed E-state index contributed by atoms with van der Waals surface area (Å²) in [6.45, 7) is 10.2. The summed E-state index contributed by atoms with van der Waals surface area (Å²) in [4.78, 5) is 33.1. The van der Waals surface area contributed by atoms with Crippen molar-refractivity contribution in [3.8, 4) is 17.7 Å². The number of carbonyl (C=O) groups is 2. The molecule has 1 aromatic carbocycles. The molecule has 1 aliphatic heterocycles. The van der Waals surface area contributed by atoms with Crippen LogP contribution in [0.2, 0.25) is 0 Å². The number of alkyl carbamates (subject to hydrolysis) is 1. The summed E-state index contributed by atoms with van der Waals surface area (Å²) in [6, 6.07) is 5.36. The fourth-order valence-corrected chi connectivity index (χ4v) is 4.66. The standard InChI is InChI=1S/C29H38N4O5/c1-17-11-12-21-23(13-17)32-26(37-20-14-18(2)30-16-20)22(31-21)10-8-6-7-9-19-15-24(19)38-28(36)33-25(27(34)35)29(3,4)5/h11-13,18-20,24-25,30H,6-7,9,14-16H2,1-5H3,(H,33,36)(H,34,35)/t18-,19-,20?,24-,25?/m1/s1. The maximum absolute atomic E-state index is 12.2. The zero-order chi connectivity index (χ0) is 27.4. The molecule has 3 N–H and O–H groups in total. The van der Waals surface area contributed by atoms with Gasteiger partial charge in [-0.25, -0.2) is 19.6 Å². The third-order valence-electron chi connectivity index (χ3n) is 6.95. The first-order valence-corrected chi connectivity index (χ1v) is 13.4. The second kappa shape index (κ2) is 11.6. The van der Waals surface area contributed by atoms with Crippen molar-refractivity contribution < 1.29 is 24.2 Å². The van der Waals surface area contributed by atoms with Crippen LogP contribution in [-0.2, 0) is 9.53 Å². The Kier molecular flexibility index (Phi) is 8.41. The molecule has 9 heteroatoms. The van der Waals surface area contributed by atoms with Gasteiger partial charge in [0.25, 0.3) is 0 Å². The molecular weight excluding hydrogens is 484 g/mol. The quantitative estimate of drug-likeness (QED) is 0.348. The van der Waals surface area contributed by atoms with Gasteiger partial charge in [0.1, 0.15) is 18.2 Å². The van der Waals surface area contributed by atoms with Crippen LogP contribution >= 0.6 is 0 Å². The van der Waals surface area contributed by atoms with Crippen molar-refractivity contribution in [2.24, 2.45) is 11.3 Å². The first-order chi connectivity index (χ1) is 18.0. The molecule has 204 valence electrons. The number of aryl methyl sites for hydroxylation is 1. The SMILES string of the molecule is Cc1ccc2nc(C#CCCC[C@@H]3C[C@H]3OC(=O)NC(C(=O)O)C(C)(C)C)c(OC3CN[C@H](C)C3)nc2c1. The van der Waals surface area contributed by atoms with Crippen molar-refractivity contribution in [2.45, 2.75) is 91.0 Å². The monoisotopic (exact) mass is 522 g/mol. The molecule has 2 unspecified atom stereocenters. The lowest BCUT2D eigenvalue weighted by atomic mass is 9.87. The summed E-state index contributed by atoms with van der Waals surface area (Å²) in [7, 11) is 0. The molecular formula is C29H38N4O5. The van der Waals surface area contributed by atoms with Gasteiger partial charge in [-0.05, 0) is 68.1 Å². The number of nitrogens with one attached hydrogen (secondary N) is 2. The Morgan fingerprint density at radius 2 is 2.03 bits per heavy atom. The van der Waals surface area contributed by atoms with Gasteiger partial charge in [-0.1, -0.05) is 32.8 Å². The highest BCUT2D eigenvalue weighted by Crippen LogP contribution is 2.38. The second-order valence-corrected chi connectivity index (χ2v) is 11.6. The lowest BCUT2D eigenvalue weighted by molar-refractivity contribution is -0.142. The normalized spacial score (nSPS) is 23.3. The molecule has 38 heavy (non-hydrogen) atoms. The van der Waals surface area contributed by atoms with Gasteiger partial charge in [-0.3, -0.25) is 0 Å². The van der Waals surface area contributed by atoms with E-state index >= 15 is 0 Å². The van der Waals surface area contributed by atoms with Crippen LogP contribution in [-0.4, -0.2) is 58.0 Å². The van der Waals surface area contributed by atoms with E-state index in [0.29, 0.717) is 24.0 Å². The molecule has 9 nitrogen and oxygen atoms in total. The van der Waals surface area contributed by atoms with Crippen LogP contribution in [0.1, 0.15) is 71.1 Å². The summed E-state index contributed by atoms with van der Waals surface area (Å²) in [5.74, 6) is 6.06. The maximum Gasteiger partial charge on any atom is 0.408 e. The number of carbonyl (C=O) groups excluding carboxylic acids is 1. The van der Waals surface area contributed by atoms with Gasteiger partial charge >= 0.3 is 12.1 Å². The first-order valence-electron chi connectivity index (χ1n) is 13.4. The van der Waals surface area contributed by atoms with Crippen molar-refractivity contribution in [1.82, 2.24) is 20.6 Å². The Morgan fingerprint density at radius 3 is 2.71 bits per heavy atom. The molecule has 5 atom stereocenters. The van der Waals surface area contributed by atoms with E-state index in [-0.39, 0.29) is 18.1 Å². The van der Waals surface area contributed by atoms with Crippen LogP contribution in [0.4, 0.5) is 4.79 Å². The molecule has 0 spiro atoms. The Labute approximate surface area is 224 Å². The molecule has 1 saturated heterocycles. The van der Waals surface area contributed by atoms with Gasteiger partial charge in [-0.2, -0.15) is 0 Å². The molecule has 2 fully saturated rings. The lowest BCUT2D eigenvalue weighted by Crippen LogP contribution is -2.49. The van der Waals surface area contributed by atoms with Gasteiger partial charge in [0.2, 0.25) is 5.88 Å². The van der Waals surface area contributed by atoms with Crippen LogP contribution in [0.5, 0.6) is 5.88 Å². The van der Waals surface area contributed by atoms with Crippen LogP contribution < -0.4 is 15.4 Å². The third-order valence-corrected chi connectivity index (χ3v) is 6.95. The maximum atomic E-state index is 12.2. The van der Waals surface area contributed by atoms with E-state index in [0.717, 1.165) is 48.8 Å². The summed E-state index contributed by atoms with van der Waals surface area (Å²) in [6.07, 6.45) is 3.31. The highest BCUT2D eigenvalue weighted by atomic mass is 16.6. The van der Waals surface area contributed by atoms with E-state index in [1.807, 2.05) is 25.1 Å². The molecule has 0 bridgehead atoms. The number of hydrogen-bond donors (Lipinski definition) is 3. The fraction of sp³-hybridized carbons (Fsp3) is 0.586. The molecule has 4 rings (SSSR count). The van der Waals surface area contributed by atoms with Crippen LogP contribution in [0.25, 0.3) is 11.0 Å². The van der Waals surface area contributed by atoms with Crippen LogP contribution in [0, 0.1) is 30.1 Å². The molecule has 2 aromatic rings. The van der Waals surface area contributed by atoms with Crippen molar-refractivity contribution in [3.63, 3.8) is 0 Å². The van der Waals surface area contributed by atoms with Crippen LogP contribution in [0.15, 0.2) is 18.2 Å². The van der Waals surface area contributed by atoms with Crippen molar-refractivity contribution in [1.29, 1.82) is 0 Å². The highest BCUT2D eigenvalue weighted by molar-refractivity contribution is 5.80. The third kappa shape index (κ3) is 7.35. The minimum absolute atomic E-state index is 0.0419. The minimum atomic E-state index is -1.07. The van der Waals surface area contributed by atoms with Crippen LogP contribution in [0.3, 0.4) is 0 Å². The Hall–Kier alpha value is -3.38. The Balaban J connectivity index is 1.29. The number of benzene rings is 1. The minimum Gasteiger partial charge on any atom is -0.480 e. The average molecular weight is 523 g/mol. The van der Waals surface area contributed by atoms with Gasteiger partial charge < -0.3 is 25.2 Å². The first kappa shape index (κ1) is 27.6. The summed E-state index contributed by atoms with van der Waals surface area (Å²) in [5.41, 5.74) is 2.64. The number of rotatable bonds is 8. The van der Waals surface area contributed by atoms with Gasteiger partial charge in [0.05, 0.1) is 11.0 Å². The highest BCUT2D eigenvalue weighted by Gasteiger charge is 2.41. The van der Waals surface area contributed by atoms with Crippen molar-refractivity contribution >= 4 is 23.1 Å². The smallest absolute Gasteiger partial charge is 0.408 e. The lowest BCUT2D eigenvalue weighted by Gasteiger charge is -2.27.